The molecule has 0 spiro atoms. The van der Waals surface area contributed by atoms with E-state index in [9.17, 15) is 5.11 Å². The number of benzene rings is 1. The molecule has 1 unspecified atom stereocenters. The van der Waals surface area contributed by atoms with Crippen molar-refractivity contribution >= 4 is 34.5 Å². The van der Waals surface area contributed by atoms with Gasteiger partial charge in [0.25, 0.3) is 0 Å². The molecule has 2 aromatic rings. The molecule has 1 nitrogen and oxygen atoms in total. The third kappa shape index (κ3) is 3.72. The first kappa shape index (κ1) is 13.9. The minimum atomic E-state index is -0.415. The third-order valence-electron chi connectivity index (χ3n) is 2.85. The van der Waals surface area contributed by atoms with Crippen LogP contribution in [-0.2, 0) is 12.8 Å². The van der Waals surface area contributed by atoms with Crippen LogP contribution in [0.1, 0.15) is 17.5 Å². The van der Waals surface area contributed by atoms with E-state index < -0.39 is 6.10 Å². The number of halogens is 2. The van der Waals surface area contributed by atoms with E-state index in [-0.39, 0.29) is 0 Å². The number of thiophene rings is 1. The van der Waals surface area contributed by atoms with Gasteiger partial charge < -0.3 is 5.11 Å². The van der Waals surface area contributed by atoms with Crippen LogP contribution in [0.3, 0.4) is 0 Å². The summed E-state index contributed by atoms with van der Waals surface area (Å²) >= 11 is 13.8. The fraction of sp³-hybridized carbons (Fsp3) is 0.286. The SMILES string of the molecule is OC(CCc1ccsc1)Cc1c(Cl)cccc1Cl. The molecule has 0 aliphatic rings. The van der Waals surface area contributed by atoms with E-state index in [1.165, 1.54) is 5.56 Å². The molecule has 1 aromatic heterocycles. The Morgan fingerprint density at radius 2 is 1.89 bits per heavy atom. The number of aliphatic hydroxyl groups is 1. The van der Waals surface area contributed by atoms with Crippen molar-refractivity contribution < 1.29 is 5.11 Å². The van der Waals surface area contributed by atoms with E-state index in [2.05, 4.69) is 11.4 Å². The Morgan fingerprint density at radius 3 is 2.50 bits per heavy atom. The zero-order chi connectivity index (χ0) is 13.0. The van der Waals surface area contributed by atoms with Crippen molar-refractivity contribution in [1.29, 1.82) is 0 Å². The zero-order valence-corrected chi connectivity index (χ0v) is 12.1. The Kier molecular flexibility index (Phi) is 5.07. The van der Waals surface area contributed by atoms with Crippen LogP contribution in [0.25, 0.3) is 0 Å². The Labute approximate surface area is 121 Å². The molecule has 2 rings (SSSR count). The van der Waals surface area contributed by atoms with Crippen molar-refractivity contribution in [3.8, 4) is 0 Å². The molecular formula is C14H14Cl2OS. The normalized spacial score (nSPS) is 12.6. The highest BCUT2D eigenvalue weighted by Crippen LogP contribution is 2.26. The van der Waals surface area contributed by atoms with E-state index in [0.717, 1.165) is 18.4 Å². The van der Waals surface area contributed by atoms with E-state index >= 15 is 0 Å². The van der Waals surface area contributed by atoms with Gasteiger partial charge in [0.05, 0.1) is 6.10 Å². The summed E-state index contributed by atoms with van der Waals surface area (Å²) in [6, 6.07) is 7.49. The molecule has 18 heavy (non-hydrogen) atoms. The monoisotopic (exact) mass is 300 g/mol. The molecule has 1 atom stereocenters. The number of aliphatic hydroxyl groups excluding tert-OH is 1. The van der Waals surface area contributed by atoms with Crippen LogP contribution < -0.4 is 0 Å². The summed E-state index contributed by atoms with van der Waals surface area (Å²) in [4.78, 5) is 0. The molecule has 96 valence electrons. The summed E-state index contributed by atoms with van der Waals surface area (Å²) in [5, 5.41) is 15.4. The van der Waals surface area contributed by atoms with Gasteiger partial charge in [0.15, 0.2) is 0 Å². The fourth-order valence-electron chi connectivity index (χ4n) is 1.83. The van der Waals surface area contributed by atoms with Crippen LogP contribution in [0, 0.1) is 0 Å². The highest BCUT2D eigenvalue weighted by molar-refractivity contribution is 7.07. The van der Waals surface area contributed by atoms with Crippen molar-refractivity contribution in [2.75, 3.05) is 0 Å². The summed E-state index contributed by atoms with van der Waals surface area (Å²) in [5.41, 5.74) is 2.10. The number of rotatable bonds is 5. The van der Waals surface area contributed by atoms with Gasteiger partial charge in [0.2, 0.25) is 0 Å². The Bertz CT molecular complexity index is 476. The molecule has 0 saturated heterocycles. The van der Waals surface area contributed by atoms with Gasteiger partial charge >= 0.3 is 0 Å². The second kappa shape index (κ2) is 6.58. The van der Waals surface area contributed by atoms with Crippen molar-refractivity contribution in [2.24, 2.45) is 0 Å². The van der Waals surface area contributed by atoms with Crippen LogP contribution >= 0.6 is 34.5 Å². The van der Waals surface area contributed by atoms with E-state index in [0.29, 0.717) is 16.5 Å². The van der Waals surface area contributed by atoms with Gasteiger partial charge in [-0.1, -0.05) is 29.3 Å². The largest absolute Gasteiger partial charge is 0.393 e. The van der Waals surface area contributed by atoms with Gasteiger partial charge in [-0.05, 0) is 52.9 Å². The third-order valence-corrected chi connectivity index (χ3v) is 4.29. The second-order valence-electron chi connectivity index (χ2n) is 4.23. The van der Waals surface area contributed by atoms with Crippen molar-refractivity contribution in [3.05, 3.63) is 56.2 Å². The minimum Gasteiger partial charge on any atom is -0.393 e. The van der Waals surface area contributed by atoms with Gasteiger partial charge in [-0.2, -0.15) is 11.3 Å². The lowest BCUT2D eigenvalue weighted by molar-refractivity contribution is 0.165. The Morgan fingerprint density at radius 1 is 1.17 bits per heavy atom. The maximum atomic E-state index is 10.0. The predicted molar refractivity (Wildman–Crippen MR) is 78.8 cm³/mol. The zero-order valence-electron chi connectivity index (χ0n) is 9.77. The molecule has 0 aliphatic heterocycles. The molecule has 0 amide bonds. The summed E-state index contributed by atoms with van der Waals surface area (Å²) in [5.74, 6) is 0. The average molecular weight is 301 g/mol. The van der Waals surface area contributed by atoms with Crippen LogP contribution in [0.2, 0.25) is 10.0 Å². The van der Waals surface area contributed by atoms with Crippen LogP contribution in [0.5, 0.6) is 0 Å². The van der Waals surface area contributed by atoms with Gasteiger partial charge in [-0.15, -0.1) is 0 Å². The quantitative estimate of drug-likeness (QED) is 0.856. The molecule has 1 heterocycles. The lowest BCUT2D eigenvalue weighted by Gasteiger charge is -2.12. The van der Waals surface area contributed by atoms with E-state index in [4.69, 9.17) is 23.2 Å². The Balaban J connectivity index is 1.92. The van der Waals surface area contributed by atoms with E-state index in [1.807, 2.05) is 11.4 Å². The van der Waals surface area contributed by atoms with Gasteiger partial charge in [0.1, 0.15) is 0 Å². The predicted octanol–water partition coefficient (Wildman–Crippen LogP) is 4.59. The lowest BCUT2D eigenvalue weighted by Crippen LogP contribution is -2.12. The minimum absolute atomic E-state index is 0.415. The van der Waals surface area contributed by atoms with Crippen molar-refractivity contribution in [2.45, 2.75) is 25.4 Å². The molecule has 0 bridgehead atoms. The topological polar surface area (TPSA) is 20.2 Å². The average Bonchev–Trinajstić information content (AvgIpc) is 2.84. The smallest absolute Gasteiger partial charge is 0.0584 e. The molecular weight excluding hydrogens is 287 g/mol. The summed E-state index contributed by atoms with van der Waals surface area (Å²) in [7, 11) is 0. The van der Waals surface area contributed by atoms with Gasteiger partial charge in [-0.25, -0.2) is 0 Å². The maximum absolute atomic E-state index is 10.0. The van der Waals surface area contributed by atoms with E-state index in [1.54, 1.807) is 23.5 Å². The van der Waals surface area contributed by atoms with Crippen molar-refractivity contribution in [1.82, 2.24) is 0 Å². The van der Waals surface area contributed by atoms with Crippen molar-refractivity contribution in [3.63, 3.8) is 0 Å². The highest BCUT2D eigenvalue weighted by atomic mass is 35.5. The summed E-state index contributed by atoms with van der Waals surface area (Å²) in [6.45, 7) is 0. The van der Waals surface area contributed by atoms with Crippen LogP contribution in [-0.4, -0.2) is 11.2 Å². The van der Waals surface area contributed by atoms with Gasteiger partial charge in [-0.3, -0.25) is 0 Å². The molecule has 0 aliphatic carbocycles. The first-order valence-electron chi connectivity index (χ1n) is 5.79. The first-order valence-corrected chi connectivity index (χ1v) is 7.48. The molecule has 1 N–H and O–H groups in total. The van der Waals surface area contributed by atoms with Crippen LogP contribution in [0.4, 0.5) is 0 Å². The molecule has 1 aromatic carbocycles. The van der Waals surface area contributed by atoms with Gasteiger partial charge in [0, 0.05) is 16.5 Å². The molecule has 0 fully saturated rings. The fourth-order valence-corrected chi connectivity index (χ4v) is 3.09. The molecule has 4 heteroatoms. The number of aryl methyl sites for hydroxylation is 1. The summed E-state index contributed by atoms with van der Waals surface area (Å²) < 4.78 is 0. The molecule has 0 saturated carbocycles. The highest BCUT2D eigenvalue weighted by Gasteiger charge is 2.11. The summed E-state index contributed by atoms with van der Waals surface area (Å²) in [6.07, 6.45) is 1.69. The number of hydrogen-bond acceptors (Lipinski definition) is 2. The first-order chi connectivity index (χ1) is 8.66. The second-order valence-corrected chi connectivity index (χ2v) is 5.82. The number of hydrogen-bond donors (Lipinski definition) is 1. The molecule has 0 radical (unpaired) electrons. The maximum Gasteiger partial charge on any atom is 0.0584 e. The standard InChI is InChI=1S/C14H14Cl2OS/c15-13-2-1-3-14(16)12(13)8-11(17)5-4-10-6-7-18-9-10/h1-3,6-7,9,11,17H,4-5,8H2. The lowest BCUT2D eigenvalue weighted by atomic mass is 10.0. The van der Waals surface area contributed by atoms with Crippen LogP contribution in [0.15, 0.2) is 35.0 Å². The Hall–Kier alpha value is -0.540.